The number of rotatable bonds is 5. The van der Waals surface area contributed by atoms with Crippen LogP contribution in [0.2, 0.25) is 0 Å². The van der Waals surface area contributed by atoms with Crippen LogP contribution in [-0.4, -0.2) is 23.2 Å². The monoisotopic (exact) mass is 264 g/mol. The molecule has 0 radical (unpaired) electrons. The van der Waals surface area contributed by atoms with E-state index in [4.69, 9.17) is 9.84 Å². The number of aromatic carboxylic acids is 1. The van der Waals surface area contributed by atoms with Crippen LogP contribution in [0.1, 0.15) is 15.5 Å². The number of nitrogens with zero attached hydrogens (tertiary/aromatic N) is 1. The first-order valence-corrected chi connectivity index (χ1v) is 6.12. The number of carboxylic acid groups (broad SMARTS) is 1. The van der Waals surface area contributed by atoms with E-state index >= 15 is 0 Å². The summed E-state index contributed by atoms with van der Waals surface area (Å²) in [5, 5.41) is 13.8. The quantitative estimate of drug-likeness (QED) is 0.868. The SMILES string of the molecule is COc1ccc(NCc2csc(C(=O)O)n2)cc1. The molecule has 0 bridgehead atoms. The molecular weight excluding hydrogens is 252 g/mol. The molecule has 1 aromatic heterocycles. The van der Waals surface area contributed by atoms with Crippen LogP contribution in [0.25, 0.3) is 0 Å². The van der Waals surface area contributed by atoms with Gasteiger partial charge in [-0.15, -0.1) is 11.3 Å². The molecule has 2 N–H and O–H groups in total. The zero-order valence-electron chi connectivity index (χ0n) is 9.71. The topological polar surface area (TPSA) is 71.5 Å². The van der Waals surface area contributed by atoms with Gasteiger partial charge in [0.05, 0.1) is 19.3 Å². The molecule has 0 aliphatic carbocycles. The van der Waals surface area contributed by atoms with Crippen LogP contribution in [0.4, 0.5) is 5.69 Å². The van der Waals surface area contributed by atoms with Gasteiger partial charge in [0.2, 0.25) is 5.01 Å². The fourth-order valence-corrected chi connectivity index (χ4v) is 2.04. The summed E-state index contributed by atoms with van der Waals surface area (Å²) in [6.07, 6.45) is 0. The lowest BCUT2D eigenvalue weighted by atomic mass is 10.3. The Balaban J connectivity index is 1.95. The molecule has 1 aromatic carbocycles. The molecule has 1 heterocycles. The number of anilines is 1. The number of methoxy groups -OCH3 is 1. The highest BCUT2D eigenvalue weighted by Crippen LogP contribution is 2.16. The molecule has 5 nitrogen and oxygen atoms in total. The van der Waals surface area contributed by atoms with Crippen molar-refractivity contribution in [1.82, 2.24) is 4.98 Å². The maximum Gasteiger partial charge on any atom is 0.365 e. The first kappa shape index (κ1) is 12.4. The Labute approximate surface area is 108 Å². The molecule has 0 aliphatic rings. The fraction of sp³-hybridized carbons (Fsp3) is 0.167. The average molecular weight is 264 g/mol. The Morgan fingerprint density at radius 2 is 2.17 bits per heavy atom. The van der Waals surface area contributed by atoms with Crippen LogP contribution in [0.3, 0.4) is 0 Å². The molecule has 0 atom stereocenters. The van der Waals surface area contributed by atoms with E-state index < -0.39 is 5.97 Å². The summed E-state index contributed by atoms with van der Waals surface area (Å²) >= 11 is 1.13. The molecule has 6 heteroatoms. The zero-order valence-corrected chi connectivity index (χ0v) is 10.5. The Hall–Kier alpha value is -2.08. The minimum Gasteiger partial charge on any atom is -0.497 e. The summed E-state index contributed by atoms with van der Waals surface area (Å²) in [6.45, 7) is 0.496. The van der Waals surface area contributed by atoms with Crippen molar-refractivity contribution in [1.29, 1.82) is 0 Å². The van der Waals surface area contributed by atoms with Gasteiger partial charge in [0.25, 0.3) is 0 Å². The zero-order chi connectivity index (χ0) is 13.0. The summed E-state index contributed by atoms with van der Waals surface area (Å²) in [5.74, 6) is -0.196. The largest absolute Gasteiger partial charge is 0.497 e. The van der Waals surface area contributed by atoms with Gasteiger partial charge in [0.15, 0.2) is 0 Å². The molecule has 0 fully saturated rings. The molecule has 0 saturated heterocycles. The van der Waals surface area contributed by atoms with Crippen molar-refractivity contribution in [3.8, 4) is 5.75 Å². The van der Waals surface area contributed by atoms with Crippen LogP contribution >= 0.6 is 11.3 Å². The standard InChI is InChI=1S/C12H12N2O3S/c1-17-10-4-2-8(3-5-10)13-6-9-7-18-11(14-9)12(15)16/h2-5,7,13H,6H2,1H3,(H,15,16). The minimum atomic E-state index is -0.990. The van der Waals surface area contributed by atoms with Crippen molar-refractivity contribution in [2.24, 2.45) is 0 Å². The van der Waals surface area contributed by atoms with Crippen LogP contribution in [0.5, 0.6) is 5.75 Å². The lowest BCUT2D eigenvalue weighted by Crippen LogP contribution is -2.01. The van der Waals surface area contributed by atoms with Crippen LogP contribution in [-0.2, 0) is 6.54 Å². The smallest absolute Gasteiger partial charge is 0.365 e. The molecule has 2 aromatic rings. The van der Waals surface area contributed by atoms with Gasteiger partial charge in [-0.2, -0.15) is 0 Å². The van der Waals surface area contributed by atoms with E-state index in [0.717, 1.165) is 22.8 Å². The van der Waals surface area contributed by atoms with Crippen LogP contribution < -0.4 is 10.1 Å². The Bertz CT molecular complexity index is 537. The first-order valence-electron chi connectivity index (χ1n) is 5.24. The number of hydrogen-bond acceptors (Lipinski definition) is 5. The average Bonchev–Trinajstić information content (AvgIpc) is 2.86. The van der Waals surface area contributed by atoms with Crippen molar-refractivity contribution in [2.45, 2.75) is 6.54 Å². The normalized spacial score (nSPS) is 10.1. The lowest BCUT2D eigenvalue weighted by molar-refractivity contribution is 0.0696. The first-order chi connectivity index (χ1) is 8.69. The highest BCUT2D eigenvalue weighted by atomic mass is 32.1. The predicted octanol–water partition coefficient (Wildman–Crippen LogP) is 2.46. The van der Waals surface area contributed by atoms with Gasteiger partial charge in [-0.1, -0.05) is 0 Å². The van der Waals surface area contributed by atoms with Gasteiger partial charge in [0, 0.05) is 11.1 Å². The van der Waals surface area contributed by atoms with Gasteiger partial charge < -0.3 is 15.2 Å². The number of carboxylic acids is 1. The van der Waals surface area contributed by atoms with E-state index in [9.17, 15) is 4.79 Å². The van der Waals surface area contributed by atoms with E-state index in [1.165, 1.54) is 0 Å². The molecule has 0 amide bonds. The van der Waals surface area contributed by atoms with Gasteiger partial charge >= 0.3 is 5.97 Å². The Morgan fingerprint density at radius 1 is 1.44 bits per heavy atom. The van der Waals surface area contributed by atoms with Crippen molar-refractivity contribution < 1.29 is 14.6 Å². The second kappa shape index (κ2) is 5.50. The van der Waals surface area contributed by atoms with Gasteiger partial charge in [-0.25, -0.2) is 9.78 Å². The third-order valence-electron chi connectivity index (χ3n) is 2.30. The van der Waals surface area contributed by atoms with Crippen LogP contribution in [0.15, 0.2) is 29.6 Å². The number of aromatic nitrogens is 1. The number of benzene rings is 1. The van der Waals surface area contributed by atoms with Crippen molar-refractivity contribution in [3.63, 3.8) is 0 Å². The van der Waals surface area contributed by atoms with E-state index in [1.807, 2.05) is 24.3 Å². The third kappa shape index (κ3) is 2.98. The maximum atomic E-state index is 10.7. The number of thiazole rings is 1. The highest BCUT2D eigenvalue weighted by molar-refractivity contribution is 7.11. The Kier molecular flexibility index (Phi) is 3.78. The summed E-state index contributed by atoms with van der Waals surface area (Å²) in [4.78, 5) is 14.7. The van der Waals surface area contributed by atoms with Crippen molar-refractivity contribution >= 4 is 23.0 Å². The molecule has 94 valence electrons. The summed E-state index contributed by atoms with van der Waals surface area (Å²) in [5.41, 5.74) is 1.65. The van der Waals surface area contributed by atoms with Gasteiger partial charge in [0.1, 0.15) is 5.75 Å². The van der Waals surface area contributed by atoms with Crippen molar-refractivity contribution in [2.75, 3.05) is 12.4 Å². The third-order valence-corrected chi connectivity index (χ3v) is 3.18. The van der Waals surface area contributed by atoms with E-state index in [2.05, 4.69) is 10.3 Å². The second-order valence-corrected chi connectivity index (χ2v) is 4.39. The van der Waals surface area contributed by atoms with Crippen molar-refractivity contribution in [3.05, 3.63) is 40.3 Å². The molecular formula is C12H12N2O3S. The van der Waals surface area contributed by atoms with Gasteiger partial charge in [-0.3, -0.25) is 0 Å². The summed E-state index contributed by atoms with van der Waals surface area (Å²) in [6, 6.07) is 7.49. The van der Waals surface area contributed by atoms with E-state index in [1.54, 1.807) is 12.5 Å². The minimum absolute atomic E-state index is 0.113. The summed E-state index contributed by atoms with van der Waals surface area (Å²) < 4.78 is 5.06. The lowest BCUT2D eigenvalue weighted by Gasteiger charge is -2.05. The number of carbonyl (C=O) groups is 1. The molecule has 0 aliphatic heterocycles. The fourth-order valence-electron chi connectivity index (χ4n) is 1.39. The Morgan fingerprint density at radius 3 is 2.72 bits per heavy atom. The molecule has 2 rings (SSSR count). The molecule has 0 saturated carbocycles. The van der Waals surface area contributed by atoms with E-state index in [0.29, 0.717) is 12.2 Å². The summed E-state index contributed by atoms with van der Waals surface area (Å²) in [7, 11) is 1.62. The highest BCUT2D eigenvalue weighted by Gasteiger charge is 2.08. The number of hydrogen-bond donors (Lipinski definition) is 2. The molecule has 0 spiro atoms. The second-order valence-electron chi connectivity index (χ2n) is 3.53. The number of ether oxygens (including phenoxy) is 1. The van der Waals surface area contributed by atoms with Crippen LogP contribution in [0, 0.1) is 0 Å². The molecule has 18 heavy (non-hydrogen) atoms. The number of nitrogens with one attached hydrogen (secondary N) is 1. The predicted molar refractivity (Wildman–Crippen MR) is 69.4 cm³/mol. The molecule has 0 unspecified atom stereocenters. The van der Waals surface area contributed by atoms with E-state index in [-0.39, 0.29) is 5.01 Å². The maximum absolute atomic E-state index is 10.7. The van der Waals surface area contributed by atoms with Gasteiger partial charge in [-0.05, 0) is 24.3 Å².